The molecule has 1 heterocycles. The fraction of sp³-hybridized carbons (Fsp3) is 0.833. The summed E-state index contributed by atoms with van der Waals surface area (Å²) in [5.41, 5.74) is 0. The van der Waals surface area contributed by atoms with Crippen LogP contribution in [0.3, 0.4) is 0 Å². The van der Waals surface area contributed by atoms with E-state index in [0.29, 0.717) is 26.1 Å². The average Bonchev–Trinajstić information content (AvgIpc) is 2.28. The summed E-state index contributed by atoms with van der Waals surface area (Å²) >= 11 is 0. The van der Waals surface area contributed by atoms with Gasteiger partial charge in [0.15, 0.2) is 0 Å². The molecule has 2 amide bonds. The Balaban J connectivity index is 0.00000324. The Morgan fingerprint density at radius 1 is 1.42 bits per heavy atom. The first-order chi connectivity index (χ1) is 8.50. The van der Waals surface area contributed by atoms with Gasteiger partial charge in [-0.3, -0.25) is 9.59 Å². The number of nitrogens with one attached hydrogen (secondary N) is 3. The van der Waals surface area contributed by atoms with Crippen LogP contribution < -0.4 is 16.0 Å². The van der Waals surface area contributed by atoms with Gasteiger partial charge in [-0.05, 0) is 20.8 Å². The summed E-state index contributed by atoms with van der Waals surface area (Å²) in [6.45, 7) is 7.32. The van der Waals surface area contributed by atoms with Gasteiger partial charge in [0.2, 0.25) is 11.8 Å². The van der Waals surface area contributed by atoms with Crippen molar-refractivity contribution in [1.82, 2.24) is 16.0 Å². The number of hydrogen-bond acceptors (Lipinski definition) is 4. The van der Waals surface area contributed by atoms with Crippen LogP contribution in [0.1, 0.15) is 27.2 Å². The van der Waals surface area contributed by atoms with E-state index in [2.05, 4.69) is 16.0 Å². The van der Waals surface area contributed by atoms with Crippen LogP contribution in [0.25, 0.3) is 0 Å². The Morgan fingerprint density at radius 2 is 2.11 bits per heavy atom. The Kier molecular flexibility index (Phi) is 8.71. The number of carbonyl (C=O) groups excluding carboxylic acids is 2. The number of carbonyl (C=O) groups is 2. The van der Waals surface area contributed by atoms with Gasteiger partial charge in [-0.25, -0.2) is 0 Å². The van der Waals surface area contributed by atoms with E-state index in [1.807, 2.05) is 20.8 Å². The number of hydrogen-bond donors (Lipinski definition) is 3. The van der Waals surface area contributed by atoms with Gasteiger partial charge in [-0.15, -0.1) is 12.4 Å². The van der Waals surface area contributed by atoms with Crippen molar-refractivity contribution in [2.24, 2.45) is 0 Å². The van der Waals surface area contributed by atoms with E-state index in [1.165, 1.54) is 0 Å². The molecule has 112 valence electrons. The maximum Gasteiger partial charge on any atom is 0.239 e. The minimum atomic E-state index is -0.327. The van der Waals surface area contributed by atoms with Crippen LogP contribution in [0.4, 0.5) is 0 Å². The van der Waals surface area contributed by atoms with Gasteiger partial charge >= 0.3 is 0 Å². The molecule has 1 aliphatic rings. The second kappa shape index (κ2) is 9.12. The summed E-state index contributed by atoms with van der Waals surface area (Å²) in [5.74, 6) is -0.161. The zero-order chi connectivity index (χ0) is 13.5. The number of rotatable bonds is 5. The Labute approximate surface area is 120 Å². The molecule has 1 fully saturated rings. The quantitative estimate of drug-likeness (QED) is 0.657. The normalized spacial score (nSPS) is 22.5. The van der Waals surface area contributed by atoms with Gasteiger partial charge < -0.3 is 20.7 Å². The van der Waals surface area contributed by atoms with Crippen LogP contribution >= 0.6 is 12.4 Å². The minimum absolute atomic E-state index is 0. The monoisotopic (exact) mass is 293 g/mol. The number of ether oxygens (including phenoxy) is 1. The minimum Gasteiger partial charge on any atom is -0.375 e. The summed E-state index contributed by atoms with van der Waals surface area (Å²) in [6, 6.07) is -0.200. The highest BCUT2D eigenvalue weighted by Gasteiger charge is 2.27. The lowest BCUT2D eigenvalue weighted by Gasteiger charge is -2.29. The van der Waals surface area contributed by atoms with E-state index in [4.69, 9.17) is 4.74 Å². The van der Waals surface area contributed by atoms with Crippen molar-refractivity contribution in [3.8, 4) is 0 Å². The summed E-state index contributed by atoms with van der Waals surface area (Å²) in [4.78, 5) is 23.2. The Hall–Kier alpha value is -0.850. The molecule has 7 heteroatoms. The maximum atomic E-state index is 11.8. The topological polar surface area (TPSA) is 79.5 Å². The molecule has 0 spiro atoms. The van der Waals surface area contributed by atoms with Crippen molar-refractivity contribution in [3.63, 3.8) is 0 Å². The molecule has 0 aromatic rings. The molecule has 0 aromatic heterocycles. The Morgan fingerprint density at radius 3 is 2.68 bits per heavy atom. The maximum absolute atomic E-state index is 11.8. The van der Waals surface area contributed by atoms with Gasteiger partial charge in [0.1, 0.15) is 6.04 Å². The van der Waals surface area contributed by atoms with Crippen LogP contribution in [-0.2, 0) is 14.3 Å². The van der Waals surface area contributed by atoms with E-state index in [1.54, 1.807) is 0 Å². The first kappa shape index (κ1) is 18.1. The number of halogens is 1. The summed E-state index contributed by atoms with van der Waals surface area (Å²) in [7, 11) is 0. The molecule has 3 N–H and O–H groups in total. The summed E-state index contributed by atoms with van der Waals surface area (Å²) in [5, 5.41) is 8.62. The fourth-order valence-electron chi connectivity index (χ4n) is 1.83. The molecule has 0 saturated carbocycles. The van der Waals surface area contributed by atoms with E-state index >= 15 is 0 Å². The van der Waals surface area contributed by atoms with Crippen molar-refractivity contribution < 1.29 is 14.3 Å². The predicted molar refractivity (Wildman–Crippen MR) is 75.4 cm³/mol. The van der Waals surface area contributed by atoms with Crippen LogP contribution in [0, 0.1) is 0 Å². The molecular formula is C12H24ClN3O3. The first-order valence-electron chi connectivity index (χ1n) is 6.42. The third-order valence-electron chi connectivity index (χ3n) is 2.70. The highest BCUT2D eigenvalue weighted by atomic mass is 35.5. The Bertz CT molecular complexity index is 300. The SMILES string of the molecule is CC(C)NC(=O)CCNC(=O)[C@H]1NCCO[C@@H]1C.Cl. The average molecular weight is 294 g/mol. The fourth-order valence-corrected chi connectivity index (χ4v) is 1.83. The van der Waals surface area contributed by atoms with E-state index in [9.17, 15) is 9.59 Å². The van der Waals surface area contributed by atoms with Crippen molar-refractivity contribution >= 4 is 24.2 Å². The molecule has 6 nitrogen and oxygen atoms in total. The van der Waals surface area contributed by atoms with Crippen LogP contribution in [0.5, 0.6) is 0 Å². The third kappa shape index (κ3) is 6.75. The van der Waals surface area contributed by atoms with Crippen molar-refractivity contribution in [1.29, 1.82) is 0 Å². The summed E-state index contributed by atoms with van der Waals surface area (Å²) < 4.78 is 5.39. The van der Waals surface area contributed by atoms with E-state index in [-0.39, 0.29) is 42.4 Å². The molecule has 0 unspecified atom stereocenters. The van der Waals surface area contributed by atoms with Gasteiger partial charge in [-0.2, -0.15) is 0 Å². The van der Waals surface area contributed by atoms with E-state index in [0.717, 1.165) is 0 Å². The molecule has 0 bridgehead atoms. The van der Waals surface area contributed by atoms with Crippen molar-refractivity contribution in [2.75, 3.05) is 19.7 Å². The predicted octanol–water partition coefficient (Wildman–Crippen LogP) is -0.184. The van der Waals surface area contributed by atoms with Gasteiger partial charge in [-0.1, -0.05) is 0 Å². The van der Waals surface area contributed by atoms with Gasteiger partial charge in [0, 0.05) is 25.6 Å². The van der Waals surface area contributed by atoms with E-state index < -0.39 is 0 Å². The lowest BCUT2D eigenvalue weighted by molar-refractivity contribution is -0.129. The van der Waals surface area contributed by atoms with Gasteiger partial charge in [0.25, 0.3) is 0 Å². The van der Waals surface area contributed by atoms with Crippen LogP contribution in [0.15, 0.2) is 0 Å². The number of morpholine rings is 1. The lowest BCUT2D eigenvalue weighted by atomic mass is 10.1. The highest BCUT2D eigenvalue weighted by Crippen LogP contribution is 2.03. The van der Waals surface area contributed by atoms with Crippen molar-refractivity contribution in [2.45, 2.75) is 45.4 Å². The molecular weight excluding hydrogens is 270 g/mol. The standard InChI is InChI=1S/C12H23N3O3.ClH/c1-8(2)15-10(16)4-5-14-12(17)11-9(3)18-7-6-13-11;/h8-9,11,13H,4-7H2,1-3H3,(H,14,17)(H,15,16);1H/t9-,11+;/m1./s1. The first-order valence-corrected chi connectivity index (χ1v) is 6.42. The second-order valence-corrected chi connectivity index (χ2v) is 4.77. The molecule has 1 rings (SSSR count). The molecule has 0 aromatic carbocycles. The zero-order valence-corrected chi connectivity index (χ0v) is 12.5. The van der Waals surface area contributed by atoms with Crippen LogP contribution in [-0.4, -0.2) is 49.7 Å². The second-order valence-electron chi connectivity index (χ2n) is 4.77. The van der Waals surface area contributed by atoms with Crippen molar-refractivity contribution in [3.05, 3.63) is 0 Å². The largest absolute Gasteiger partial charge is 0.375 e. The molecule has 2 atom stereocenters. The highest BCUT2D eigenvalue weighted by molar-refractivity contribution is 5.85. The molecule has 0 aliphatic carbocycles. The summed E-state index contributed by atoms with van der Waals surface area (Å²) in [6.07, 6.45) is 0.162. The number of amides is 2. The third-order valence-corrected chi connectivity index (χ3v) is 2.70. The van der Waals surface area contributed by atoms with Crippen LogP contribution in [0.2, 0.25) is 0 Å². The molecule has 1 saturated heterocycles. The smallest absolute Gasteiger partial charge is 0.239 e. The zero-order valence-electron chi connectivity index (χ0n) is 11.7. The van der Waals surface area contributed by atoms with Gasteiger partial charge in [0.05, 0.1) is 12.7 Å². The lowest BCUT2D eigenvalue weighted by Crippen LogP contribution is -2.55. The molecule has 0 radical (unpaired) electrons. The molecule has 19 heavy (non-hydrogen) atoms. The molecule has 1 aliphatic heterocycles.